The molecule has 10 heteroatoms. The number of methoxy groups -OCH3 is 1. The van der Waals surface area contributed by atoms with Crippen molar-refractivity contribution < 1.29 is 18.1 Å². The van der Waals surface area contributed by atoms with E-state index in [4.69, 9.17) is 4.74 Å². The molecule has 0 saturated heterocycles. The van der Waals surface area contributed by atoms with Crippen LogP contribution in [0.4, 0.5) is 17.1 Å². The number of benzene rings is 3. The van der Waals surface area contributed by atoms with E-state index >= 15 is 0 Å². The van der Waals surface area contributed by atoms with Crippen LogP contribution in [-0.4, -0.2) is 26.2 Å². The van der Waals surface area contributed by atoms with Gasteiger partial charge in [-0.05, 0) is 43.0 Å². The second-order valence-electron chi connectivity index (χ2n) is 7.42. The largest absolute Gasteiger partial charge is 0.495 e. The summed E-state index contributed by atoms with van der Waals surface area (Å²) in [6.07, 6.45) is 2.62. The van der Waals surface area contributed by atoms with Crippen LogP contribution in [0.25, 0.3) is 0 Å². The van der Waals surface area contributed by atoms with Crippen molar-refractivity contribution >= 4 is 32.8 Å². The van der Waals surface area contributed by atoms with E-state index in [1.165, 1.54) is 24.8 Å². The van der Waals surface area contributed by atoms with Gasteiger partial charge >= 0.3 is 0 Å². The topological polar surface area (TPSA) is 123 Å². The van der Waals surface area contributed by atoms with Crippen molar-refractivity contribution in [2.75, 3.05) is 17.3 Å². The fourth-order valence-electron chi connectivity index (χ4n) is 3.71. The molecule has 0 fully saturated rings. The minimum atomic E-state index is -4.21. The fourth-order valence-corrected chi connectivity index (χ4v) is 4.96. The van der Waals surface area contributed by atoms with Crippen molar-refractivity contribution in [3.05, 3.63) is 88.0 Å². The van der Waals surface area contributed by atoms with Crippen LogP contribution in [0.1, 0.15) is 24.0 Å². The predicted molar refractivity (Wildman–Crippen MR) is 126 cm³/mol. The smallest absolute Gasteiger partial charge is 0.270 e. The molecule has 0 spiro atoms. The lowest BCUT2D eigenvalue weighted by Crippen LogP contribution is -2.17. The first-order valence-electron chi connectivity index (χ1n) is 10.2. The Bertz CT molecular complexity index is 1340. The number of para-hydroxylation sites is 2. The third-order valence-corrected chi connectivity index (χ3v) is 6.72. The van der Waals surface area contributed by atoms with Crippen molar-refractivity contribution in [2.24, 2.45) is 5.10 Å². The molecule has 9 nitrogen and oxygen atoms in total. The number of nitrogens with one attached hydrogen (secondary N) is 2. The summed E-state index contributed by atoms with van der Waals surface area (Å²) in [6, 6.07) is 18.0. The lowest BCUT2D eigenvalue weighted by molar-refractivity contribution is -0.385. The molecule has 0 heterocycles. The zero-order chi connectivity index (χ0) is 23.4. The van der Waals surface area contributed by atoms with Crippen LogP contribution in [0.5, 0.6) is 5.75 Å². The highest BCUT2D eigenvalue weighted by atomic mass is 32.2. The summed E-state index contributed by atoms with van der Waals surface area (Å²) in [6.45, 7) is 0. The number of fused-ring (bicyclic) bond motifs is 1. The molecule has 0 amide bonds. The van der Waals surface area contributed by atoms with Crippen LogP contribution in [-0.2, 0) is 16.4 Å². The summed E-state index contributed by atoms with van der Waals surface area (Å²) < 4.78 is 34.1. The molecular formula is C23H22N4O5S. The van der Waals surface area contributed by atoms with E-state index < -0.39 is 14.9 Å². The van der Waals surface area contributed by atoms with Gasteiger partial charge in [0.05, 0.1) is 29.1 Å². The Labute approximate surface area is 191 Å². The van der Waals surface area contributed by atoms with Gasteiger partial charge in [0, 0.05) is 17.7 Å². The third kappa shape index (κ3) is 4.80. The maximum Gasteiger partial charge on any atom is 0.270 e. The molecule has 0 saturated carbocycles. The van der Waals surface area contributed by atoms with Gasteiger partial charge in [0.2, 0.25) is 0 Å². The van der Waals surface area contributed by atoms with E-state index in [2.05, 4.69) is 15.2 Å². The highest BCUT2D eigenvalue weighted by Crippen LogP contribution is 2.31. The van der Waals surface area contributed by atoms with Crippen LogP contribution in [0.15, 0.2) is 76.7 Å². The molecule has 0 aliphatic heterocycles. The van der Waals surface area contributed by atoms with Crippen molar-refractivity contribution in [1.82, 2.24) is 0 Å². The fraction of sp³-hybridized carbons (Fsp3) is 0.174. The van der Waals surface area contributed by atoms with Crippen molar-refractivity contribution in [1.29, 1.82) is 0 Å². The second-order valence-corrected chi connectivity index (χ2v) is 9.08. The van der Waals surface area contributed by atoms with Gasteiger partial charge in [-0.1, -0.05) is 36.4 Å². The summed E-state index contributed by atoms with van der Waals surface area (Å²) in [5.74, 6) is 0.320. The van der Waals surface area contributed by atoms with Crippen LogP contribution >= 0.6 is 0 Å². The standard InChI is InChI=1S/C23H22N4O5S/c1-32-22-12-5-4-10-20(22)26-33(30,31)23-15-17(27(28)29)13-14-21(23)25-24-19-11-6-8-16-7-2-3-9-18(16)19/h2-5,7,9-10,12-15,25-26H,6,8,11H2,1H3. The van der Waals surface area contributed by atoms with E-state index in [0.29, 0.717) is 5.75 Å². The molecule has 33 heavy (non-hydrogen) atoms. The van der Waals surface area contributed by atoms with Crippen molar-refractivity contribution in [3.63, 3.8) is 0 Å². The molecule has 0 unspecified atom stereocenters. The average molecular weight is 467 g/mol. The first-order valence-corrected chi connectivity index (χ1v) is 11.7. The first kappa shape index (κ1) is 22.3. The maximum atomic E-state index is 13.2. The van der Waals surface area contributed by atoms with Crippen LogP contribution in [0, 0.1) is 10.1 Å². The number of anilines is 2. The van der Waals surface area contributed by atoms with Gasteiger partial charge in [-0.3, -0.25) is 20.3 Å². The number of ether oxygens (including phenoxy) is 1. The van der Waals surface area contributed by atoms with Gasteiger partial charge < -0.3 is 4.74 Å². The zero-order valence-electron chi connectivity index (χ0n) is 17.8. The Balaban J connectivity index is 1.72. The van der Waals surface area contributed by atoms with Crippen molar-refractivity contribution in [2.45, 2.75) is 24.2 Å². The number of nitrogens with zero attached hydrogens (tertiary/aromatic N) is 2. The van der Waals surface area contributed by atoms with Gasteiger partial charge in [-0.25, -0.2) is 8.42 Å². The molecule has 1 aliphatic rings. The SMILES string of the molecule is COc1ccccc1NS(=O)(=O)c1cc([N+](=O)[O-])ccc1NN=C1CCCc2ccccc21. The Morgan fingerprint density at radius 3 is 2.55 bits per heavy atom. The quantitative estimate of drug-likeness (QED) is 0.389. The number of aryl methyl sites for hydroxylation is 1. The van der Waals surface area contributed by atoms with Gasteiger partial charge in [-0.2, -0.15) is 5.10 Å². The molecule has 3 aromatic carbocycles. The first-order chi connectivity index (χ1) is 15.9. The summed E-state index contributed by atoms with van der Waals surface area (Å²) >= 11 is 0. The Hall–Kier alpha value is -3.92. The number of hydrazone groups is 1. The van der Waals surface area contributed by atoms with E-state index in [9.17, 15) is 18.5 Å². The van der Waals surface area contributed by atoms with Gasteiger partial charge in [-0.15, -0.1) is 0 Å². The lowest BCUT2D eigenvalue weighted by Gasteiger charge is -2.18. The highest BCUT2D eigenvalue weighted by Gasteiger charge is 2.24. The third-order valence-electron chi connectivity index (χ3n) is 5.32. The number of nitro groups is 1. The van der Waals surface area contributed by atoms with Gasteiger partial charge in [0.15, 0.2) is 0 Å². The second kappa shape index (κ2) is 9.29. The minimum Gasteiger partial charge on any atom is -0.495 e. The van der Waals surface area contributed by atoms with Crippen molar-refractivity contribution in [3.8, 4) is 5.75 Å². The van der Waals surface area contributed by atoms with E-state index in [-0.39, 0.29) is 22.0 Å². The maximum absolute atomic E-state index is 13.2. The number of rotatable bonds is 7. The van der Waals surface area contributed by atoms with Gasteiger partial charge in [0.25, 0.3) is 15.7 Å². The molecule has 0 atom stereocenters. The summed E-state index contributed by atoms with van der Waals surface area (Å²) in [7, 11) is -2.79. The Kier molecular flexibility index (Phi) is 6.27. The van der Waals surface area contributed by atoms with E-state index in [1.54, 1.807) is 24.3 Å². The Morgan fingerprint density at radius 1 is 1.00 bits per heavy atom. The molecule has 4 rings (SSSR count). The number of hydrogen-bond donors (Lipinski definition) is 2. The molecule has 2 N–H and O–H groups in total. The molecule has 170 valence electrons. The number of sulfonamides is 1. The monoisotopic (exact) mass is 466 g/mol. The van der Waals surface area contributed by atoms with Crippen LogP contribution < -0.4 is 14.9 Å². The lowest BCUT2D eigenvalue weighted by atomic mass is 9.90. The summed E-state index contributed by atoms with van der Waals surface area (Å²) in [5, 5.41) is 15.8. The molecule has 0 aromatic heterocycles. The molecule has 0 bridgehead atoms. The van der Waals surface area contributed by atoms with Crippen LogP contribution in [0.3, 0.4) is 0 Å². The number of non-ortho nitro benzene ring substituents is 1. The molecule has 1 aliphatic carbocycles. The normalized spacial score (nSPS) is 14.4. The molecule has 0 radical (unpaired) electrons. The molecular weight excluding hydrogens is 444 g/mol. The van der Waals surface area contributed by atoms with Crippen LogP contribution in [0.2, 0.25) is 0 Å². The number of hydrogen-bond acceptors (Lipinski definition) is 7. The highest BCUT2D eigenvalue weighted by molar-refractivity contribution is 7.93. The summed E-state index contributed by atoms with van der Waals surface area (Å²) in [4.78, 5) is 10.4. The average Bonchev–Trinajstić information content (AvgIpc) is 2.82. The van der Waals surface area contributed by atoms with E-state index in [1.807, 2.05) is 24.3 Å². The summed E-state index contributed by atoms with van der Waals surface area (Å²) in [5.41, 5.74) is 5.80. The van der Waals surface area contributed by atoms with Gasteiger partial charge in [0.1, 0.15) is 10.6 Å². The zero-order valence-corrected chi connectivity index (χ0v) is 18.6. The molecule has 3 aromatic rings. The Morgan fingerprint density at radius 2 is 1.76 bits per heavy atom. The minimum absolute atomic E-state index is 0.124. The van der Waals surface area contributed by atoms with E-state index in [0.717, 1.165) is 36.6 Å². The predicted octanol–water partition coefficient (Wildman–Crippen LogP) is 4.56. The number of nitro benzene ring substituents is 1.